The van der Waals surface area contributed by atoms with Crippen LogP contribution in [-0.4, -0.2) is 44.3 Å². The molecular weight excluding hydrogens is 296 g/mol. The van der Waals surface area contributed by atoms with Gasteiger partial charge in [-0.3, -0.25) is 20.4 Å². The molecule has 0 aliphatic rings. The van der Waals surface area contributed by atoms with Crippen LogP contribution in [0, 0.1) is 0 Å². The molecule has 114 valence electrons. The van der Waals surface area contributed by atoms with Crippen molar-refractivity contribution in [3.63, 3.8) is 0 Å². The maximum atomic E-state index is 5.31. The fraction of sp³-hybridized carbons (Fsp3) is 0.267. The molecule has 6 nitrogen and oxygen atoms in total. The average molecular weight is 314 g/mol. The van der Waals surface area contributed by atoms with Crippen LogP contribution in [0.2, 0.25) is 0 Å². The largest absolute Gasteiger partial charge is 0.351 e. The second-order valence-electron chi connectivity index (χ2n) is 4.70. The van der Waals surface area contributed by atoms with Crippen LogP contribution in [0.25, 0.3) is 0 Å². The molecule has 0 unspecified atom stereocenters. The van der Waals surface area contributed by atoms with Crippen molar-refractivity contribution in [1.29, 1.82) is 0 Å². The van der Waals surface area contributed by atoms with E-state index in [1.165, 1.54) is 0 Å². The van der Waals surface area contributed by atoms with Crippen LogP contribution in [0.5, 0.6) is 0 Å². The highest BCUT2D eigenvalue weighted by atomic mass is 32.1. The maximum Gasteiger partial charge on any atom is 0.189 e. The van der Waals surface area contributed by atoms with Gasteiger partial charge in [0.15, 0.2) is 5.11 Å². The van der Waals surface area contributed by atoms with E-state index in [1.807, 2.05) is 37.1 Å². The maximum absolute atomic E-state index is 5.31. The SMILES string of the molecule is CC(=NNC(=S)N(C)CCc1ccccn1)c1cnccn1. The quantitative estimate of drug-likeness (QED) is 0.514. The lowest BCUT2D eigenvalue weighted by atomic mass is 10.2. The molecule has 0 bridgehead atoms. The van der Waals surface area contributed by atoms with Crippen LogP contribution in [0.4, 0.5) is 0 Å². The van der Waals surface area contributed by atoms with Crippen molar-refractivity contribution in [2.75, 3.05) is 13.6 Å². The second-order valence-corrected chi connectivity index (χ2v) is 5.08. The number of aromatic nitrogens is 3. The average Bonchev–Trinajstić information content (AvgIpc) is 2.58. The predicted octanol–water partition coefficient (Wildman–Crippen LogP) is 1.64. The summed E-state index contributed by atoms with van der Waals surface area (Å²) in [6, 6.07) is 5.89. The zero-order valence-electron chi connectivity index (χ0n) is 12.6. The topological polar surface area (TPSA) is 66.3 Å². The number of nitrogens with zero attached hydrogens (tertiary/aromatic N) is 5. The van der Waals surface area contributed by atoms with Crippen molar-refractivity contribution in [2.24, 2.45) is 5.10 Å². The molecule has 1 N–H and O–H groups in total. The van der Waals surface area contributed by atoms with Gasteiger partial charge in [-0.1, -0.05) is 6.07 Å². The molecule has 22 heavy (non-hydrogen) atoms. The van der Waals surface area contributed by atoms with Crippen LogP contribution in [0.15, 0.2) is 48.1 Å². The Labute approximate surface area is 135 Å². The summed E-state index contributed by atoms with van der Waals surface area (Å²) in [4.78, 5) is 14.4. The van der Waals surface area contributed by atoms with Crippen LogP contribution in [0.3, 0.4) is 0 Å². The van der Waals surface area contributed by atoms with Crippen LogP contribution in [0.1, 0.15) is 18.3 Å². The number of rotatable bonds is 5. The van der Waals surface area contributed by atoms with Gasteiger partial charge in [-0.15, -0.1) is 0 Å². The van der Waals surface area contributed by atoms with Crippen molar-refractivity contribution in [3.05, 3.63) is 54.4 Å². The predicted molar refractivity (Wildman–Crippen MR) is 90.5 cm³/mol. The van der Waals surface area contributed by atoms with E-state index in [-0.39, 0.29) is 0 Å². The van der Waals surface area contributed by atoms with Crippen molar-refractivity contribution in [1.82, 2.24) is 25.3 Å². The van der Waals surface area contributed by atoms with Crippen LogP contribution >= 0.6 is 12.2 Å². The summed E-state index contributed by atoms with van der Waals surface area (Å²) < 4.78 is 0. The number of likely N-dealkylation sites (N-methyl/N-ethyl adjacent to an activating group) is 1. The highest BCUT2D eigenvalue weighted by Crippen LogP contribution is 1.98. The first-order valence-corrected chi connectivity index (χ1v) is 7.29. The van der Waals surface area contributed by atoms with Crippen LogP contribution in [-0.2, 0) is 6.42 Å². The highest BCUT2D eigenvalue weighted by molar-refractivity contribution is 7.80. The van der Waals surface area contributed by atoms with E-state index in [2.05, 4.69) is 25.5 Å². The molecule has 0 fully saturated rings. The summed E-state index contributed by atoms with van der Waals surface area (Å²) in [6.45, 7) is 2.62. The fourth-order valence-corrected chi connectivity index (χ4v) is 1.83. The van der Waals surface area contributed by atoms with Gasteiger partial charge in [-0.25, -0.2) is 0 Å². The van der Waals surface area contributed by atoms with E-state index in [0.717, 1.165) is 24.4 Å². The van der Waals surface area contributed by atoms with E-state index >= 15 is 0 Å². The fourth-order valence-electron chi connectivity index (χ4n) is 1.69. The Hall–Kier alpha value is -2.41. The molecule has 0 amide bonds. The number of hydrogen-bond donors (Lipinski definition) is 1. The molecule has 2 heterocycles. The minimum absolute atomic E-state index is 0.555. The zero-order chi connectivity index (χ0) is 15.8. The zero-order valence-corrected chi connectivity index (χ0v) is 13.4. The first-order valence-electron chi connectivity index (χ1n) is 6.88. The van der Waals surface area contributed by atoms with Gasteiger partial charge in [0.2, 0.25) is 0 Å². The minimum Gasteiger partial charge on any atom is -0.351 e. The molecule has 2 aromatic rings. The van der Waals surface area contributed by atoms with Gasteiger partial charge < -0.3 is 4.90 Å². The molecule has 0 saturated heterocycles. The van der Waals surface area contributed by atoms with Crippen molar-refractivity contribution >= 4 is 23.0 Å². The number of hydrazone groups is 1. The molecule has 0 aliphatic heterocycles. The molecule has 2 rings (SSSR count). The minimum atomic E-state index is 0.555. The normalized spacial score (nSPS) is 11.1. The number of hydrogen-bond acceptors (Lipinski definition) is 5. The highest BCUT2D eigenvalue weighted by Gasteiger charge is 2.05. The van der Waals surface area contributed by atoms with Crippen molar-refractivity contribution < 1.29 is 0 Å². The monoisotopic (exact) mass is 314 g/mol. The molecule has 2 aromatic heterocycles. The van der Waals surface area contributed by atoms with E-state index < -0.39 is 0 Å². The van der Waals surface area contributed by atoms with Crippen LogP contribution < -0.4 is 5.43 Å². The Morgan fingerprint density at radius 1 is 1.27 bits per heavy atom. The molecule has 0 spiro atoms. The van der Waals surface area contributed by atoms with Gasteiger partial charge in [0.1, 0.15) is 5.69 Å². The number of pyridine rings is 1. The molecule has 7 heteroatoms. The summed E-state index contributed by atoms with van der Waals surface area (Å²) in [6.07, 6.45) is 7.53. The summed E-state index contributed by atoms with van der Waals surface area (Å²) >= 11 is 5.31. The first-order chi connectivity index (χ1) is 10.7. The lowest BCUT2D eigenvalue weighted by Gasteiger charge is -2.19. The summed E-state index contributed by atoms with van der Waals surface area (Å²) in [5.74, 6) is 0. The van der Waals surface area contributed by atoms with E-state index in [0.29, 0.717) is 10.8 Å². The first kappa shape index (κ1) is 16.0. The van der Waals surface area contributed by atoms with E-state index in [1.54, 1.807) is 24.8 Å². The molecule has 0 saturated carbocycles. The molecule has 0 aliphatic carbocycles. The Morgan fingerprint density at radius 3 is 2.82 bits per heavy atom. The van der Waals surface area contributed by atoms with E-state index in [9.17, 15) is 0 Å². The Balaban J connectivity index is 1.84. The molecular formula is C15H18N6S. The number of nitrogens with one attached hydrogen (secondary N) is 1. The Kier molecular flexibility index (Phi) is 5.91. The van der Waals surface area contributed by atoms with Gasteiger partial charge in [-0.2, -0.15) is 5.10 Å². The third kappa shape index (κ3) is 4.85. The van der Waals surface area contributed by atoms with E-state index in [4.69, 9.17) is 12.2 Å². The summed E-state index contributed by atoms with van der Waals surface area (Å²) in [5.41, 5.74) is 5.36. The smallest absolute Gasteiger partial charge is 0.189 e. The van der Waals surface area contributed by atoms with Crippen molar-refractivity contribution in [3.8, 4) is 0 Å². The van der Waals surface area contributed by atoms with Gasteiger partial charge in [0, 0.05) is 44.3 Å². The second kappa shape index (κ2) is 8.14. The van der Waals surface area contributed by atoms with Gasteiger partial charge in [-0.05, 0) is 31.3 Å². The van der Waals surface area contributed by atoms with Gasteiger partial charge in [0.05, 0.1) is 11.9 Å². The Bertz CT molecular complexity index is 629. The lowest BCUT2D eigenvalue weighted by Crippen LogP contribution is -2.36. The van der Waals surface area contributed by atoms with Gasteiger partial charge >= 0.3 is 0 Å². The Morgan fingerprint density at radius 2 is 2.14 bits per heavy atom. The van der Waals surface area contributed by atoms with Gasteiger partial charge in [0.25, 0.3) is 0 Å². The third-order valence-electron chi connectivity index (χ3n) is 3.03. The lowest BCUT2D eigenvalue weighted by molar-refractivity contribution is 0.496. The third-order valence-corrected chi connectivity index (χ3v) is 3.43. The summed E-state index contributed by atoms with van der Waals surface area (Å²) in [7, 11) is 1.92. The summed E-state index contributed by atoms with van der Waals surface area (Å²) in [5, 5.41) is 4.79. The number of thiocarbonyl (C=S) groups is 1. The standard InChI is InChI=1S/C15H18N6S/c1-12(14-11-16-8-9-18-14)19-20-15(22)21(2)10-6-13-5-3-4-7-17-13/h3-5,7-9,11H,6,10H2,1-2H3,(H,20,22). The molecule has 0 aromatic carbocycles. The molecule has 0 radical (unpaired) electrons. The molecule has 0 atom stereocenters. The van der Waals surface area contributed by atoms with Crippen molar-refractivity contribution in [2.45, 2.75) is 13.3 Å².